The third-order valence-corrected chi connectivity index (χ3v) is 3.55. The molecule has 1 N–H and O–H groups in total. The number of thioether (sulfide) groups is 1. The first kappa shape index (κ1) is 16.2. The van der Waals surface area contributed by atoms with Gasteiger partial charge in [-0.2, -0.15) is 11.8 Å². The van der Waals surface area contributed by atoms with Crippen LogP contribution >= 0.6 is 23.4 Å². The Morgan fingerprint density at radius 3 is 2.68 bits per heavy atom. The van der Waals surface area contributed by atoms with E-state index in [1.807, 2.05) is 19.1 Å². The Morgan fingerprint density at radius 2 is 2.11 bits per heavy atom. The number of halogens is 1. The van der Waals surface area contributed by atoms with E-state index < -0.39 is 0 Å². The van der Waals surface area contributed by atoms with Gasteiger partial charge in [-0.05, 0) is 56.0 Å². The molecule has 0 aliphatic heterocycles. The van der Waals surface area contributed by atoms with E-state index in [0.717, 1.165) is 24.3 Å². The molecule has 0 heterocycles. The van der Waals surface area contributed by atoms with Gasteiger partial charge in [0.15, 0.2) is 0 Å². The van der Waals surface area contributed by atoms with Crippen LogP contribution in [0, 0.1) is 0 Å². The summed E-state index contributed by atoms with van der Waals surface area (Å²) >= 11 is 7.62. The maximum atomic E-state index is 11.9. The summed E-state index contributed by atoms with van der Waals surface area (Å²) in [6, 6.07) is 7.03. The average molecular weight is 302 g/mol. The van der Waals surface area contributed by atoms with Crippen molar-refractivity contribution in [2.45, 2.75) is 25.8 Å². The number of carbonyl (C=O) groups is 1. The van der Waals surface area contributed by atoms with E-state index in [4.69, 9.17) is 16.3 Å². The molecule has 3 nitrogen and oxygen atoms in total. The van der Waals surface area contributed by atoms with Gasteiger partial charge in [0, 0.05) is 10.7 Å². The average Bonchev–Trinajstić information content (AvgIpc) is 2.40. The van der Waals surface area contributed by atoms with E-state index in [2.05, 4.69) is 11.6 Å². The Balaban J connectivity index is 2.61. The lowest BCUT2D eigenvalue weighted by atomic mass is 10.1. The first-order valence-corrected chi connectivity index (χ1v) is 8.12. The Morgan fingerprint density at radius 1 is 1.42 bits per heavy atom. The summed E-state index contributed by atoms with van der Waals surface area (Å²) in [7, 11) is 0. The Labute approximate surface area is 124 Å². The number of anilines is 1. The maximum absolute atomic E-state index is 11.9. The van der Waals surface area contributed by atoms with Crippen LogP contribution in [0.5, 0.6) is 0 Å². The number of rotatable bonds is 8. The van der Waals surface area contributed by atoms with Crippen molar-refractivity contribution in [1.29, 1.82) is 0 Å². The topological polar surface area (TPSA) is 38.3 Å². The lowest BCUT2D eigenvalue weighted by molar-refractivity contribution is -0.144. The molecule has 0 saturated heterocycles. The van der Waals surface area contributed by atoms with Crippen molar-refractivity contribution in [3.05, 3.63) is 29.3 Å². The van der Waals surface area contributed by atoms with Crippen LogP contribution in [0.2, 0.25) is 5.02 Å². The third kappa shape index (κ3) is 6.21. The number of nitrogens with one attached hydrogen (secondary N) is 1. The molecule has 0 radical (unpaired) electrons. The standard InChI is InChI=1S/C14H20ClNO2S/c1-3-18-14(17)13(5-4-10-19-2)16-12-8-6-11(15)7-9-12/h6-9,13,16H,3-5,10H2,1-2H3. The predicted molar refractivity (Wildman–Crippen MR) is 83.1 cm³/mol. The molecule has 1 aromatic rings. The monoisotopic (exact) mass is 301 g/mol. The van der Waals surface area contributed by atoms with Crippen LogP contribution in [0.3, 0.4) is 0 Å². The highest BCUT2D eigenvalue weighted by Gasteiger charge is 2.18. The molecule has 0 bridgehead atoms. The second-order valence-electron chi connectivity index (χ2n) is 4.09. The number of hydrogen-bond donors (Lipinski definition) is 1. The molecule has 1 atom stereocenters. The molecule has 1 unspecified atom stereocenters. The molecule has 5 heteroatoms. The van der Waals surface area contributed by atoms with Crippen molar-refractivity contribution in [1.82, 2.24) is 0 Å². The summed E-state index contributed by atoms with van der Waals surface area (Å²) in [5.74, 6) is 0.844. The molecule has 0 aromatic heterocycles. The number of esters is 1. The Hall–Kier alpha value is -0.870. The molecule has 0 fully saturated rings. The second-order valence-corrected chi connectivity index (χ2v) is 5.51. The van der Waals surface area contributed by atoms with E-state index in [-0.39, 0.29) is 12.0 Å². The van der Waals surface area contributed by atoms with Crippen molar-refractivity contribution in [3.63, 3.8) is 0 Å². The summed E-state index contributed by atoms with van der Waals surface area (Å²) in [5, 5.41) is 3.89. The molecule has 1 aromatic carbocycles. The molecule has 19 heavy (non-hydrogen) atoms. The lowest BCUT2D eigenvalue weighted by Crippen LogP contribution is -2.31. The molecule has 0 amide bonds. The number of carbonyl (C=O) groups excluding carboxylic acids is 1. The molecular formula is C14H20ClNO2S. The van der Waals surface area contributed by atoms with Gasteiger partial charge < -0.3 is 10.1 Å². The molecule has 0 aliphatic carbocycles. The fourth-order valence-electron chi connectivity index (χ4n) is 1.67. The van der Waals surface area contributed by atoms with Gasteiger partial charge in [-0.15, -0.1) is 0 Å². The zero-order chi connectivity index (χ0) is 14.1. The van der Waals surface area contributed by atoms with Gasteiger partial charge in [0.1, 0.15) is 6.04 Å². The number of hydrogen-bond acceptors (Lipinski definition) is 4. The van der Waals surface area contributed by atoms with Crippen LogP contribution in [0.4, 0.5) is 5.69 Å². The SMILES string of the molecule is CCOC(=O)C(CCCSC)Nc1ccc(Cl)cc1. The normalized spacial score (nSPS) is 11.9. The second kappa shape index (κ2) is 9.10. The smallest absolute Gasteiger partial charge is 0.328 e. The van der Waals surface area contributed by atoms with Crippen molar-refractivity contribution >= 4 is 35.0 Å². The summed E-state index contributed by atoms with van der Waals surface area (Å²) in [6.07, 6.45) is 3.81. The van der Waals surface area contributed by atoms with Gasteiger partial charge in [-0.3, -0.25) is 0 Å². The van der Waals surface area contributed by atoms with Crippen LogP contribution in [-0.4, -0.2) is 30.6 Å². The summed E-state index contributed by atoms with van der Waals surface area (Å²) in [5.41, 5.74) is 0.881. The van der Waals surface area contributed by atoms with Crippen molar-refractivity contribution < 1.29 is 9.53 Å². The van der Waals surface area contributed by atoms with E-state index in [1.54, 1.807) is 23.9 Å². The zero-order valence-electron chi connectivity index (χ0n) is 11.3. The molecular weight excluding hydrogens is 282 g/mol. The van der Waals surface area contributed by atoms with Crippen LogP contribution in [0.25, 0.3) is 0 Å². The minimum absolute atomic E-state index is 0.196. The van der Waals surface area contributed by atoms with Crippen molar-refractivity contribution in [2.24, 2.45) is 0 Å². The van der Waals surface area contributed by atoms with Crippen molar-refractivity contribution in [2.75, 3.05) is 23.9 Å². The Kier molecular flexibility index (Phi) is 7.75. The minimum atomic E-state index is -0.298. The fourth-order valence-corrected chi connectivity index (χ4v) is 2.25. The Bertz CT molecular complexity index is 384. The molecule has 1 rings (SSSR count). The van der Waals surface area contributed by atoms with Gasteiger partial charge in [-0.1, -0.05) is 11.6 Å². The van der Waals surface area contributed by atoms with Crippen molar-refractivity contribution in [3.8, 4) is 0 Å². The fraction of sp³-hybridized carbons (Fsp3) is 0.500. The number of benzene rings is 1. The maximum Gasteiger partial charge on any atom is 0.328 e. The van der Waals surface area contributed by atoms with Crippen LogP contribution in [0.1, 0.15) is 19.8 Å². The van der Waals surface area contributed by atoms with Crippen LogP contribution in [0.15, 0.2) is 24.3 Å². The van der Waals surface area contributed by atoms with Gasteiger partial charge in [0.05, 0.1) is 6.61 Å². The highest BCUT2D eigenvalue weighted by Crippen LogP contribution is 2.16. The highest BCUT2D eigenvalue weighted by molar-refractivity contribution is 7.98. The van der Waals surface area contributed by atoms with Gasteiger partial charge in [-0.25, -0.2) is 4.79 Å². The molecule has 0 aliphatic rings. The summed E-state index contributed by atoms with van der Waals surface area (Å²) < 4.78 is 5.10. The van der Waals surface area contributed by atoms with E-state index >= 15 is 0 Å². The summed E-state index contributed by atoms with van der Waals surface area (Å²) in [6.45, 7) is 2.22. The number of ether oxygens (including phenoxy) is 1. The summed E-state index contributed by atoms with van der Waals surface area (Å²) in [4.78, 5) is 11.9. The molecule has 0 saturated carbocycles. The van der Waals surface area contributed by atoms with Gasteiger partial charge >= 0.3 is 5.97 Å². The first-order chi connectivity index (χ1) is 9.17. The lowest BCUT2D eigenvalue weighted by Gasteiger charge is -2.18. The molecule has 0 spiro atoms. The zero-order valence-corrected chi connectivity index (χ0v) is 12.9. The quantitative estimate of drug-likeness (QED) is 0.585. The minimum Gasteiger partial charge on any atom is -0.464 e. The van der Waals surface area contributed by atoms with E-state index in [9.17, 15) is 4.79 Å². The van der Waals surface area contributed by atoms with E-state index in [1.165, 1.54) is 0 Å². The third-order valence-electron chi connectivity index (χ3n) is 2.60. The molecule has 106 valence electrons. The van der Waals surface area contributed by atoms with Crippen LogP contribution < -0.4 is 5.32 Å². The van der Waals surface area contributed by atoms with Gasteiger partial charge in [0.2, 0.25) is 0 Å². The highest BCUT2D eigenvalue weighted by atomic mass is 35.5. The van der Waals surface area contributed by atoms with Crippen LogP contribution in [-0.2, 0) is 9.53 Å². The first-order valence-electron chi connectivity index (χ1n) is 6.35. The van der Waals surface area contributed by atoms with Gasteiger partial charge in [0.25, 0.3) is 0 Å². The predicted octanol–water partition coefficient (Wildman–Crippen LogP) is 3.83. The largest absolute Gasteiger partial charge is 0.464 e. The van der Waals surface area contributed by atoms with E-state index in [0.29, 0.717) is 11.6 Å².